The molecule has 0 amide bonds. The molecule has 0 saturated heterocycles. The maximum absolute atomic E-state index is 12.4. The number of ketones is 1. The molecule has 0 atom stereocenters. The van der Waals surface area contributed by atoms with Crippen LogP contribution < -0.4 is 4.57 Å². The van der Waals surface area contributed by atoms with Gasteiger partial charge in [-0.3, -0.25) is 4.79 Å². The van der Waals surface area contributed by atoms with Crippen LogP contribution in [-0.4, -0.2) is 10.4 Å². The van der Waals surface area contributed by atoms with Gasteiger partial charge in [0.2, 0.25) is 0 Å². The molecule has 0 N–H and O–H groups in total. The van der Waals surface area contributed by atoms with Crippen molar-refractivity contribution in [3.05, 3.63) is 59.2 Å². The molecule has 0 fully saturated rings. The van der Waals surface area contributed by atoms with Crippen molar-refractivity contribution in [2.45, 2.75) is 12.8 Å². The predicted octanol–water partition coefficient (Wildman–Crippen LogP) is 2.06. The van der Waals surface area contributed by atoms with E-state index < -0.39 is 0 Å². The monoisotopic (exact) mass is 253 g/mol. The first kappa shape index (κ1) is 11.9. The van der Waals surface area contributed by atoms with E-state index in [1.165, 1.54) is 0 Å². The predicted molar refractivity (Wildman–Crippen MR) is 73.7 cm³/mol. The topological polar surface area (TPSA) is 25.9 Å². The summed E-state index contributed by atoms with van der Waals surface area (Å²) < 4.78 is 4.04. The van der Waals surface area contributed by atoms with Crippen LogP contribution in [0.15, 0.2) is 42.4 Å². The number of Topliss-reactive ketones (excluding diaryl/α,β-unsaturated/α-hetero) is 1. The zero-order valence-electron chi connectivity index (χ0n) is 11.3. The highest BCUT2D eigenvalue weighted by molar-refractivity contribution is 6.13. The van der Waals surface area contributed by atoms with Gasteiger partial charge in [-0.05, 0) is 31.1 Å². The SMILES string of the molecule is Cn1ccc2c1CC/C(=C\c1ccc[n+](C)c1)C2=O. The third-order valence-electron chi connectivity index (χ3n) is 3.67. The Morgan fingerprint density at radius 3 is 2.95 bits per heavy atom. The summed E-state index contributed by atoms with van der Waals surface area (Å²) in [7, 11) is 3.98. The first-order valence-electron chi connectivity index (χ1n) is 6.50. The number of hydrogen-bond donors (Lipinski definition) is 0. The molecule has 0 saturated carbocycles. The molecule has 96 valence electrons. The number of fused-ring (bicyclic) bond motifs is 1. The van der Waals surface area contributed by atoms with Crippen molar-refractivity contribution in [1.29, 1.82) is 0 Å². The number of aryl methyl sites for hydroxylation is 2. The standard InChI is InChI=1S/C16H17N2O/c1-17-8-3-4-12(11-17)10-13-5-6-15-14(16(13)19)7-9-18(15)2/h3-4,7-11H,5-6H2,1-2H3/q+1/b13-10+. The summed E-state index contributed by atoms with van der Waals surface area (Å²) in [5.74, 6) is 0.174. The molecule has 0 aromatic carbocycles. The fourth-order valence-electron chi connectivity index (χ4n) is 2.66. The van der Waals surface area contributed by atoms with E-state index in [4.69, 9.17) is 0 Å². The fourth-order valence-corrected chi connectivity index (χ4v) is 2.66. The molecule has 2 aromatic heterocycles. The van der Waals surface area contributed by atoms with Crippen LogP contribution in [0, 0.1) is 0 Å². The summed E-state index contributed by atoms with van der Waals surface area (Å²) in [6.07, 6.45) is 9.75. The normalized spacial score (nSPS) is 16.7. The van der Waals surface area contributed by atoms with E-state index in [1.54, 1.807) is 0 Å². The molecule has 2 heterocycles. The Labute approximate surface area is 112 Å². The first-order chi connectivity index (χ1) is 9.15. The highest BCUT2D eigenvalue weighted by Crippen LogP contribution is 2.26. The van der Waals surface area contributed by atoms with Gasteiger partial charge in [-0.1, -0.05) is 0 Å². The Kier molecular flexibility index (Phi) is 2.82. The van der Waals surface area contributed by atoms with Crippen molar-refractivity contribution in [1.82, 2.24) is 4.57 Å². The molecule has 0 radical (unpaired) electrons. The second-order valence-electron chi connectivity index (χ2n) is 5.09. The van der Waals surface area contributed by atoms with Crippen LogP contribution in [0.3, 0.4) is 0 Å². The molecule has 3 nitrogen and oxygen atoms in total. The van der Waals surface area contributed by atoms with Crippen molar-refractivity contribution in [2.24, 2.45) is 14.1 Å². The molecular formula is C16H17N2O+. The van der Waals surface area contributed by atoms with Gasteiger partial charge >= 0.3 is 0 Å². The molecule has 2 aromatic rings. The van der Waals surface area contributed by atoms with Gasteiger partial charge in [0.25, 0.3) is 0 Å². The van der Waals surface area contributed by atoms with E-state index >= 15 is 0 Å². The fraction of sp³-hybridized carbons (Fsp3) is 0.250. The first-order valence-corrected chi connectivity index (χ1v) is 6.50. The van der Waals surface area contributed by atoms with E-state index in [0.717, 1.165) is 35.2 Å². The average molecular weight is 253 g/mol. The van der Waals surface area contributed by atoms with Gasteiger partial charge in [0.15, 0.2) is 18.2 Å². The zero-order valence-corrected chi connectivity index (χ0v) is 11.3. The number of aromatic nitrogens is 2. The Morgan fingerprint density at radius 2 is 2.16 bits per heavy atom. The van der Waals surface area contributed by atoms with E-state index in [1.807, 2.05) is 66.1 Å². The lowest BCUT2D eigenvalue weighted by Crippen LogP contribution is -2.26. The largest absolute Gasteiger partial charge is 0.354 e. The molecule has 1 aliphatic carbocycles. The molecule has 0 aliphatic heterocycles. The second-order valence-corrected chi connectivity index (χ2v) is 5.09. The van der Waals surface area contributed by atoms with Gasteiger partial charge in [0, 0.05) is 41.7 Å². The summed E-state index contributed by atoms with van der Waals surface area (Å²) in [6.45, 7) is 0. The maximum Gasteiger partial charge on any atom is 0.190 e. The highest BCUT2D eigenvalue weighted by atomic mass is 16.1. The quantitative estimate of drug-likeness (QED) is 0.564. The number of allylic oxidation sites excluding steroid dienone is 1. The Hall–Kier alpha value is -2.16. The van der Waals surface area contributed by atoms with E-state index in [0.29, 0.717) is 0 Å². The third-order valence-corrected chi connectivity index (χ3v) is 3.67. The maximum atomic E-state index is 12.4. The Bertz CT molecular complexity index is 680. The summed E-state index contributed by atoms with van der Waals surface area (Å²) in [5.41, 5.74) is 4.00. The smallest absolute Gasteiger partial charge is 0.190 e. The summed E-state index contributed by atoms with van der Waals surface area (Å²) >= 11 is 0. The van der Waals surface area contributed by atoms with E-state index in [-0.39, 0.29) is 5.78 Å². The molecule has 3 rings (SSSR count). The van der Waals surface area contributed by atoms with Gasteiger partial charge in [0.1, 0.15) is 7.05 Å². The van der Waals surface area contributed by atoms with Crippen LogP contribution >= 0.6 is 0 Å². The van der Waals surface area contributed by atoms with Gasteiger partial charge < -0.3 is 4.57 Å². The second kappa shape index (κ2) is 4.50. The van der Waals surface area contributed by atoms with Crippen LogP contribution in [0.1, 0.15) is 28.0 Å². The van der Waals surface area contributed by atoms with Crippen molar-refractivity contribution in [3.8, 4) is 0 Å². The van der Waals surface area contributed by atoms with Crippen LogP contribution in [0.4, 0.5) is 0 Å². The van der Waals surface area contributed by atoms with Crippen LogP contribution in [0.2, 0.25) is 0 Å². The Balaban J connectivity index is 1.98. The molecule has 3 heteroatoms. The summed E-state index contributed by atoms with van der Waals surface area (Å²) in [5, 5.41) is 0. The molecule has 19 heavy (non-hydrogen) atoms. The average Bonchev–Trinajstić information content (AvgIpc) is 2.76. The van der Waals surface area contributed by atoms with E-state index in [2.05, 4.69) is 0 Å². The number of nitrogens with zero attached hydrogens (tertiary/aromatic N) is 2. The van der Waals surface area contributed by atoms with Crippen molar-refractivity contribution in [3.63, 3.8) is 0 Å². The van der Waals surface area contributed by atoms with Gasteiger partial charge in [-0.2, -0.15) is 0 Å². The number of hydrogen-bond acceptors (Lipinski definition) is 1. The lowest BCUT2D eigenvalue weighted by molar-refractivity contribution is -0.671. The van der Waals surface area contributed by atoms with Crippen LogP contribution in [0.25, 0.3) is 6.08 Å². The lowest BCUT2D eigenvalue weighted by atomic mass is 9.90. The molecule has 0 bridgehead atoms. The van der Waals surface area contributed by atoms with Gasteiger partial charge in [0.05, 0.1) is 0 Å². The van der Waals surface area contributed by atoms with Crippen LogP contribution in [0.5, 0.6) is 0 Å². The highest BCUT2D eigenvalue weighted by Gasteiger charge is 2.23. The minimum Gasteiger partial charge on any atom is -0.354 e. The number of rotatable bonds is 1. The number of pyridine rings is 1. The van der Waals surface area contributed by atoms with Gasteiger partial charge in [-0.15, -0.1) is 0 Å². The molecule has 0 spiro atoms. The van der Waals surface area contributed by atoms with E-state index in [9.17, 15) is 4.79 Å². The van der Waals surface area contributed by atoms with Crippen molar-refractivity contribution >= 4 is 11.9 Å². The van der Waals surface area contributed by atoms with Crippen molar-refractivity contribution in [2.75, 3.05) is 0 Å². The summed E-state index contributed by atoms with van der Waals surface area (Å²) in [4.78, 5) is 12.4. The van der Waals surface area contributed by atoms with Gasteiger partial charge in [-0.25, -0.2) is 4.57 Å². The number of carbonyl (C=O) groups is 1. The molecular weight excluding hydrogens is 236 g/mol. The third kappa shape index (κ3) is 2.12. The summed E-state index contributed by atoms with van der Waals surface area (Å²) in [6, 6.07) is 5.95. The molecule has 1 aliphatic rings. The van der Waals surface area contributed by atoms with Crippen LogP contribution in [-0.2, 0) is 20.5 Å². The Morgan fingerprint density at radius 1 is 1.32 bits per heavy atom. The minimum absolute atomic E-state index is 0.174. The zero-order chi connectivity index (χ0) is 13.4. The van der Waals surface area contributed by atoms with Crippen molar-refractivity contribution < 1.29 is 9.36 Å². The lowest BCUT2D eigenvalue weighted by Gasteiger charge is -2.15. The minimum atomic E-state index is 0.174. The molecule has 0 unspecified atom stereocenters. The number of carbonyl (C=O) groups excluding carboxylic acids is 1.